The second-order valence-corrected chi connectivity index (χ2v) is 9.03. The molecule has 0 spiro atoms. The van der Waals surface area contributed by atoms with E-state index < -0.39 is 10.0 Å². The van der Waals surface area contributed by atoms with Gasteiger partial charge in [-0.25, -0.2) is 18.5 Å². The minimum Gasteiger partial charge on any atom is -0.320 e. The summed E-state index contributed by atoms with van der Waals surface area (Å²) in [5.74, 6) is 1.13. The summed E-state index contributed by atoms with van der Waals surface area (Å²) in [6, 6.07) is 11.0. The third kappa shape index (κ3) is 3.55. The van der Waals surface area contributed by atoms with Crippen LogP contribution >= 0.6 is 12.2 Å². The number of aromatic amines is 1. The lowest BCUT2D eigenvalue weighted by Gasteiger charge is -2.28. The number of sulfonamides is 1. The molecule has 8 nitrogen and oxygen atoms in total. The predicted molar refractivity (Wildman–Crippen MR) is 109 cm³/mol. The molecule has 0 unspecified atom stereocenters. The Morgan fingerprint density at radius 2 is 1.93 bits per heavy atom. The molecule has 1 fully saturated rings. The molecule has 10 heteroatoms. The first-order chi connectivity index (χ1) is 13.3. The summed E-state index contributed by atoms with van der Waals surface area (Å²) in [6.45, 7) is 4.51. The van der Waals surface area contributed by atoms with Gasteiger partial charge in [0.1, 0.15) is 26.2 Å². The summed E-state index contributed by atoms with van der Waals surface area (Å²) in [7, 11) is -1.86. The van der Waals surface area contributed by atoms with Crippen LogP contribution in [-0.4, -0.2) is 43.7 Å². The van der Waals surface area contributed by atoms with E-state index in [2.05, 4.69) is 16.0 Å². The zero-order chi connectivity index (χ0) is 19.9. The number of aromatic nitrogens is 3. The van der Waals surface area contributed by atoms with Gasteiger partial charge < -0.3 is 9.47 Å². The van der Waals surface area contributed by atoms with Crippen LogP contribution in [0.1, 0.15) is 0 Å². The lowest BCUT2D eigenvalue weighted by Crippen LogP contribution is -3.14. The SMILES string of the molecule is Cn1c(=S)n(C[NH+]2CCN(c3cccc[nH+]3)CC2)c2cc(S(N)(=O)=O)ccc21. The highest BCUT2D eigenvalue weighted by atomic mass is 32.2. The van der Waals surface area contributed by atoms with E-state index in [-0.39, 0.29) is 4.90 Å². The monoisotopic (exact) mass is 420 g/mol. The number of rotatable bonds is 4. The van der Waals surface area contributed by atoms with Crippen molar-refractivity contribution in [3.8, 4) is 0 Å². The topological polar surface area (TPSA) is 91.8 Å². The Morgan fingerprint density at radius 1 is 1.18 bits per heavy atom. The lowest BCUT2D eigenvalue weighted by molar-refractivity contribution is -0.923. The molecule has 0 atom stereocenters. The number of benzene rings is 1. The van der Waals surface area contributed by atoms with Crippen LogP contribution in [0.2, 0.25) is 0 Å². The lowest BCUT2D eigenvalue weighted by atomic mass is 10.3. The van der Waals surface area contributed by atoms with Crippen molar-refractivity contribution in [3.63, 3.8) is 0 Å². The molecule has 1 saturated heterocycles. The first-order valence-electron chi connectivity index (χ1n) is 9.12. The summed E-state index contributed by atoms with van der Waals surface area (Å²) in [4.78, 5) is 7.13. The van der Waals surface area contributed by atoms with Crippen molar-refractivity contribution in [2.75, 3.05) is 31.1 Å². The Kier molecular flexibility index (Phi) is 4.96. The van der Waals surface area contributed by atoms with Gasteiger partial charge in [-0.05, 0) is 36.5 Å². The molecule has 1 aromatic carbocycles. The highest BCUT2D eigenvalue weighted by molar-refractivity contribution is 7.89. The first kappa shape index (κ1) is 19.1. The number of piperazine rings is 1. The van der Waals surface area contributed by atoms with Crippen LogP contribution in [0, 0.1) is 4.77 Å². The van der Waals surface area contributed by atoms with Gasteiger partial charge in [-0.15, -0.1) is 0 Å². The van der Waals surface area contributed by atoms with Gasteiger partial charge >= 0.3 is 0 Å². The third-order valence-corrected chi connectivity index (χ3v) is 6.74. The minimum atomic E-state index is -3.76. The number of quaternary nitrogens is 1. The fourth-order valence-electron chi connectivity index (χ4n) is 3.75. The molecule has 0 radical (unpaired) electrons. The second kappa shape index (κ2) is 7.28. The maximum Gasteiger partial charge on any atom is 0.274 e. The summed E-state index contributed by atoms with van der Waals surface area (Å²) in [5, 5.41) is 5.31. The number of fused-ring (bicyclic) bond motifs is 1. The number of aryl methyl sites for hydroxylation is 1. The van der Waals surface area contributed by atoms with E-state index in [4.69, 9.17) is 17.4 Å². The number of H-pyrrole nitrogens is 1. The number of pyridine rings is 1. The Labute approximate surface area is 168 Å². The van der Waals surface area contributed by atoms with Crippen LogP contribution in [-0.2, 0) is 23.7 Å². The van der Waals surface area contributed by atoms with E-state index >= 15 is 0 Å². The summed E-state index contributed by atoms with van der Waals surface area (Å²) in [5.41, 5.74) is 1.69. The largest absolute Gasteiger partial charge is 0.320 e. The predicted octanol–water partition coefficient (Wildman–Crippen LogP) is -0.467. The molecule has 0 amide bonds. The number of anilines is 1. The second-order valence-electron chi connectivity index (χ2n) is 7.11. The summed E-state index contributed by atoms with van der Waals surface area (Å²) < 4.78 is 28.1. The highest BCUT2D eigenvalue weighted by Gasteiger charge is 2.26. The smallest absolute Gasteiger partial charge is 0.274 e. The van der Waals surface area contributed by atoms with Crippen molar-refractivity contribution < 1.29 is 18.3 Å². The van der Waals surface area contributed by atoms with E-state index in [1.165, 1.54) is 11.0 Å². The van der Waals surface area contributed by atoms with Gasteiger partial charge in [0.15, 0.2) is 11.4 Å². The molecular weight excluding hydrogens is 396 g/mol. The number of imidazole rings is 1. The molecule has 2 aromatic heterocycles. The Morgan fingerprint density at radius 3 is 2.57 bits per heavy atom. The molecule has 0 bridgehead atoms. The van der Waals surface area contributed by atoms with Gasteiger partial charge in [-0.1, -0.05) is 6.07 Å². The van der Waals surface area contributed by atoms with E-state index in [0.717, 1.165) is 43.0 Å². The van der Waals surface area contributed by atoms with Crippen molar-refractivity contribution in [2.24, 2.45) is 12.2 Å². The Bertz CT molecular complexity index is 1160. The molecule has 0 saturated carbocycles. The molecule has 3 heterocycles. The molecule has 3 aromatic rings. The van der Waals surface area contributed by atoms with Crippen molar-refractivity contribution in [1.29, 1.82) is 0 Å². The van der Waals surface area contributed by atoms with Gasteiger partial charge in [0, 0.05) is 13.1 Å². The van der Waals surface area contributed by atoms with Gasteiger partial charge in [-0.3, -0.25) is 9.47 Å². The molecule has 0 aliphatic carbocycles. The third-order valence-electron chi connectivity index (χ3n) is 5.33. The highest BCUT2D eigenvalue weighted by Crippen LogP contribution is 2.20. The van der Waals surface area contributed by atoms with Crippen molar-refractivity contribution in [1.82, 2.24) is 9.13 Å². The molecule has 4 rings (SSSR count). The zero-order valence-electron chi connectivity index (χ0n) is 15.6. The Hall–Kier alpha value is -2.27. The minimum absolute atomic E-state index is 0.105. The fourth-order valence-corrected chi connectivity index (χ4v) is 4.54. The fraction of sp³-hybridized carbons (Fsp3) is 0.333. The molecule has 28 heavy (non-hydrogen) atoms. The van der Waals surface area contributed by atoms with Gasteiger partial charge in [-0.2, -0.15) is 0 Å². The zero-order valence-corrected chi connectivity index (χ0v) is 17.3. The average molecular weight is 421 g/mol. The molecular formula is C18H24N6O2S2+2. The van der Waals surface area contributed by atoms with E-state index in [1.54, 1.807) is 12.1 Å². The van der Waals surface area contributed by atoms with Crippen molar-refractivity contribution in [2.45, 2.75) is 11.6 Å². The number of nitrogens with two attached hydrogens (primary N) is 1. The van der Waals surface area contributed by atoms with Crippen LogP contribution < -0.4 is 19.9 Å². The average Bonchev–Trinajstić information content (AvgIpc) is 2.93. The Balaban J connectivity index is 1.58. The normalized spacial score (nSPS) is 16.0. The molecule has 4 N–H and O–H groups in total. The van der Waals surface area contributed by atoms with Crippen molar-refractivity contribution in [3.05, 3.63) is 47.4 Å². The number of primary sulfonamides is 1. The summed E-state index contributed by atoms with van der Waals surface area (Å²) in [6.07, 6.45) is 1.94. The molecule has 1 aliphatic heterocycles. The van der Waals surface area contributed by atoms with E-state index in [9.17, 15) is 8.42 Å². The molecule has 148 valence electrons. The quantitative estimate of drug-likeness (QED) is 0.559. The van der Waals surface area contributed by atoms with E-state index in [0.29, 0.717) is 11.4 Å². The molecule has 1 aliphatic rings. The standard InChI is InChI=1S/C18H22N6O2S2/c1-21-15-6-5-14(28(19,25)26)12-16(15)24(18(21)27)13-22-8-10-23(11-9-22)17-4-2-3-7-20-17/h2-7,12H,8-11,13H2,1H3,(H2,19,25,26)/p+2. The van der Waals surface area contributed by atoms with Crippen LogP contribution in [0.15, 0.2) is 47.5 Å². The van der Waals surface area contributed by atoms with Gasteiger partial charge in [0.2, 0.25) is 10.0 Å². The van der Waals surface area contributed by atoms with E-state index in [1.807, 2.05) is 34.5 Å². The summed E-state index contributed by atoms with van der Waals surface area (Å²) >= 11 is 5.62. The van der Waals surface area contributed by atoms with Crippen LogP contribution in [0.3, 0.4) is 0 Å². The van der Waals surface area contributed by atoms with Crippen LogP contribution in [0.4, 0.5) is 5.82 Å². The maximum absolute atomic E-state index is 11.8. The van der Waals surface area contributed by atoms with Crippen LogP contribution in [0.5, 0.6) is 0 Å². The number of nitrogens with zero attached hydrogens (tertiary/aromatic N) is 3. The van der Waals surface area contributed by atoms with Crippen LogP contribution in [0.25, 0.3) is 11.0 Å². The van der Waals surface area contributed by atoms with Gasteiger partial charge in [0.05, 0.1) is 22.1 Å². The number of hydrogen-bond donors (Lipinski definition) is 2. The first-order valence-corrected chi connectivity index (χ1v) is 11.1. The number of nitrogens with one attached hydrogen (secondary N) is 2. The number of hydrogen-bond acceptors (Lipinski definition) is 4. The van der Waals surface area contributed by atoms with Gasteiger partial charge in [0.25, 0.3) is 5.82 Å². The maximum atomic E-state index is 11.8. The van der Waals surface area contributed by atoms with Crippen molar-refractivity contribution >= 4 is 39.1 Å².